The van der Waals surface area contributed by atoms with Gasteiger partial charge in [-0.25, -0.2) is 0 Å². The minimum absolute atomic E-state index is 0.427. The minimum Gasteiger partial charge on any atom is -0.488 e. The van der Waals surface area contributed by atoms with Gasteiger partial charge in [-0.1, -0.05) is 66.7 Å². The highest BCUT2D eigenvalue weighted by Gasteiger charge is 2.12. The molecule has 0 N–H and O–H groups in total. The summed E-state index contributed by atoms with van der Waals surface area (Å²) in [7, 11) is -0.427. The molecule has 0 amide bonds. The monoisotopic (exact) mass is 318 g/mol. The maximum atomic E-state index is 5.94. The van der Waals surface area contributed by atoms with Gasteiger partial charge < -0.3 is 4.74 Å². The number of hydrogen-bond donors (Lipinski definition) is 1. The molecule has 0 aliphatic carbocycles. The molecule has 0 aromatic heterocycles. The molecular weight excluding hydrogens is 300 g/mol. The normalized spacial score (nSPS) is 18.1. The summed E-state index contributed by atoms with van der Waals surface area (Å²) < 4.78 is 5.94. The first-order valence-corrected chi connectivity index (χ1v) is 9.21. The summed E-state index contributed by atoms with van der Waals surface area (Å²) in [6.45, 7) is 0.621. The van der Waals surface area contributed by atoms with E-state index in [1.54, 1.807) is 0 Å². The lowest BCUT2D eigenvalue weighted by Gasteiger charge is -2.13. The zero-order valence-corrected chi connectivity index (χ0v) is 13.6. The lowest BCUT2D eigenvalue weighted by Crippen LogP contribution is -1.89. The highest BCUT2D eigenvalue weighted by atomic mass is 32.2. The Balaban J connectivity index is 1.55. The minimum atomic E-state index is -0.427. The number of thiol groups is 1. The molecule has 0 saturated heterocycles. The van der Waals surface area contributed by atoms with Crippen LogP contribution in [0.25, 0.3) is 10.8 Å². The Hall–Kier alpha value is -2.45. The fourth-order valence-electron chi connectivity index (χ4n) is 2.79. The molecule has 0 radical (unpaired) electrons. The van der Waals surface area contributed by atoms with Crippen molar-refractivity contribution in [1.82, 2.24) is 0 Å². The molecule has 0 bridgehead atoms. The van der Waals surface area contributed by atoms with Gasteiger partial charge in [0.25, 0.3) is 0 Å². The van der Waals surface area contributed by atoms with E-state index in [1.807, 2.05) is 18.2 Å². The molecule has 1 aliphatic rings. The summed E-state index contributed by atoms with van der Waals surface area (Å²) >= 11 is 0. The number of ether oxygens (including phenoxy) is 1. The van der Waals surface area contributed by atoms with Crippen LogP contribution in [0.3, 0.4) is 0 Å². The van der Waals surface area contributed by atoms with Gasteiger partial charge in [0.05, 0.1) is 0 Å². The first-order valence-electron chi connectivity index (χ1n) is 7.73. The number of hydrogen-bond acceptors (Lipinski definition) is 1. The van der Waals surface area contributed by atoms with Crippen LogP contribution in [0.2, 0.25) is 0 Å². The van der Waals surface area contributed by atoms with Crippen molar-refractivity contribution in [2.75, 3.05) is 0 Å². The van der Waals surface area contributed by atoms with E-state index in [1.165, 1.54) is 21.2 Å². The Morgan fingerprint density at radius 1 is 0.783 bits per heavy atom. The highest BCUT2D eigenvalue weighted by Crippen LogP contribution is 2.47. The molecule has 4 rings (SSSR count). The molecule has 3 aromatic carbocycles. The van der Waals surface area contributed by atoms with E-state index in [4.69, 9.17) is 4.74 Å². The molecule has 114 valence electrons. The second-order valence-corrected chi connectivity index (χ2v) is 7.38. The van der Waals surface area contributed by atoms with Crippen LogP contribution in [0, 0.1) is 0 Å². The summed E-state index contributed by atoms with van der Waals surface area (Å²) in [6, 6.07) is 25.4. The summed E-state index contributed by atoms with van der Waals surface area (Å²) in [5, 5.41) is 7.18. The Morgan fingerprint density at radius 2 is 1.57 bits per heavy atom. The molecule has 2 heteroatoms. The average molecular weight is 318 g/mol. The van der Waals surface area contributed by atoms with Crippen molar-refractivity contribution in [3.8, 4) is 0 Å². The van der Waals surface area contributed by atoms with Gasteiger partial charge in [0.15, 0.2) is 0 Å². The van der Waals surface area contributed by atoms with Gasteiger partial charge >= 0.3 is 0 Å². The molecular formula is C21H18OS. The Kier molecular flexibility index (Phi) is 3.91. The van der Waals surface area contributed by atoms with Gasteiger partial charge in [0, 0.05) is 10.3 Å². The summed E-state index contributed by atoms with van der Waals surface area (Å²) in [4.78, 5) is 1.40. The van der Waals surface area contributed by atoms with E-state index in [9.17, 15) is 0 Å². The highest BCUT2D eigenvalue weighted by molar-refractivity contribution is 8.22. The molecule has 1 heterocycles. The van der Waals surface area contributed by atoms with Crippen molar-refractivity contribution in [2.45, 2.75) is 11.5 Å². The van der Waals surface area contributed by atoms with Crippen LogP contribution < -0.4 is 0 Å². The second-order valence-electron chi connectivity index (χ2n) is 5.53. The van der Waals surface area contributed by atoms with Crippen LogP contribution in [0.5, 0.6) is 0 Å². The number of benzene rings is 3. The van der Waals surface area contributed by atoms with Crippen molar-refractivity contribution in [1.29, 1.82) is 0 Å². The van der Waals surface area contributed by atoms with E-state index < -0.39 is 10.9 Å². The molecule has 1 unspecified atom stereocenters. The molecule has 1 nitrogen and oxygen atoms in total. The largest absolute Gasteiger partial charge is 0.488 e. The van der Waals surface area contributed by atoms with Gasteiger partial charge in [-0.3, -0.25) is 0 Å². The van der Waals surface area contributed by atoms with Crippen molar-refractivity contribution in [3.63, 3.8) is 0 Å². The van der Waals surface area contributed by atoms with Crippen LogP contribution in [0.15, 0.2) is 100 Å². The van der Waals surface area contributed by atoms with Gasteiger partial charge in [-0.05, 0) is 33.9 Å². The molecule has 0 saturated carbocycles. The fourth-order valence-corrected chi connectivity index (χ4v) is 4.65. The van der Waals surface area contributed by atoms with Crippen molar-refractivity contribution < 1.29 is 4.74 Å². The topological polar surface area (TPSA) is 9.23 Å². The van der Waals surface area contributed by atoms with Gasteiger partial charge in [-0.15, -0.1) is 0 Å². The second kappa shape index (κ2) is 6.35. The van der Waals surface area contributed by atoms with E-state index in [2.05, 4.69) is 71.5 Å². The first-order chi connectivity index (χ1) is 11.4. The zero-order chi connectivity index (χ0) is 15.5. The third kappa shape index (κ3) is 3.03. The van der Waals surface area contributed by atoms with E-state index >= 15 is 0 Å². The van der Waals surface area contributed by atoms with Gasteiger partial charge in [-0.2, -0.15) is 10.9 Å². The lowest BCUT2D eigenvalue weighted by atomic mass is 10.1. The number of rotatable bonds is 4. The van der Waals surface area contributed by atoms with Crippen LogP contribution in [0.1, 0.15) is 5.56 Å². The number of fused-ring (bicyclic) bond motifs is 1. The van der Waals surface area contributed by atoms with Crippen LogP contribution >= 0.6 is 10.9 Å². The summed E-state index contributed by atoms with van der Waals surface area (Å²) in [6.07, 6.45) is 2.11. The molecule has 1 atom stereocenters. The smallest absolute Gasteiger partial charge is 0.125 e. The van der Waals surface area contributed by atoms with Gasteiger partial charge in [0.2, 0.25) is 0 Å². The van der Waals surface area contributed by atoms with E-state index in [0.717, 1.165) is 5.76 Å². The predicted molar refractivity (Wildman–Crippen MR) is 99.7 cm³/mol. The molecule has 3 aromatic rings. The van der Waals surface area contributed by atoms with E-state index in [0.29, 0.717) is 6.61 Å². The molecule has 1 aliphatic heterocycles. The Bertz CT molecular complexity index is 875. The maximum Gasteiger partial charge on any atom is 0.125 e. The van der Waals surface area contributed by atoms with Crippen molar-refractivity contribution in [2.24, 2.45) is 0 Å². The third-order valence-corrected chi connectivity index (χ3v) is 5.91. The molecule has 23 heavy (non-hydrogen) atoms. The standard InChI is InChI=1S/C21H18OS/c1-2-7-17(8-3-1)15-22-19-13-14-23(16-19)21-12-6-10-18-9-4-5-11-20(18)21/h1-14,16,23H,15H2. The zero-order valence-electron chi connectivity index (χ0n) is 12.7. The van der Waals surface area contributed by atoms with Crippen LogP contribution in [-0.2, 0) is 11.3 Å². The van der Waals surface area contributed by atoms with Crippen molar-refractivity contribution >= 4 is 21.7 Å². The Labute approximate surface area is 139 Å². The quantitative estimate of drug-likeness (QED) is 0.599. The SMILES string of the molecule is C1=C[SH](c2cccc3ccccc23)C=C1OCc1ccccc1. The van der Waals surface area contributed by atoms with Crippen molar-refractivity contribution in [3.05, 3.63) is 101 Å². The third-order valence-electron chi connectivity index (χ3n) is 3.96. The summed E-state index contributed by atoms with van der Waals surface area (Å²) in [5.74, 6) is 0.980. The number of allylic oxidation sites excluding steroid dienone is 1. The van der Waals surface area contributed by atoms with Crippen LogP contribution in [0.4, 0.5) is 0 Å². The summed E-state index contributed by atoms with van der Waals surface area (Å²) in [5.41, 5.74) is 1.20. The van der Waals surface area contributed by atoms with Gasteiger partial charge in [0.1, 0.15) is 12.4 Å². The maximum absolute atomic E-state index is 5.94. The average Bonchev–Trinajstić information content (AvgIpc) is 3.09. The molecule has 0 fully saturated rings. The van der Waals surface area contributed by atoms with Crippen LogP contribution in [-0.4, -0.2) is 0 Å². The Morgan fingerprint density at radius 3 is 2.48 bits per heavy atom. The predicted octanol–water partition coefficient (Wildman–Crippen LogP) is 5.79. The fraction of sp³-hybridized carbons (Fsp3) is 0.0476. The lowest BCUT2D eigenvalue weighted by molar-refractivity contribution is 0.212. The molecule has 0 spiro atoms. The van der Waals surface area contributed by atoms with E-state index in [-0.39, 0.29) is 0 Å². The first kappa shape index (κ1) is 14.2.